The van der Waals surface area contributed by atoms with E-state index in [1.54, 1.807) is 12.1 Å². The zero-order valence-corrected chi connectivity index (χ0v) is 35.3. The number of Topliss-reactive ketones (excluding diaryl/α,β-unsaturated/α-hetero) is 1. The van der Waals surface area contributed by atoms with E-state index in [2.05, 4.69) is 18.6 Å². The normalized spacial score (nSPS) is 17.2. The van der Waals surface area contributed by atoms with Crippen LogP contribution in [0, 0.1) is 13.8 Å². The number of hydrogen-bond donors (Lipinski definition) is 0. The zero-order chi connectivity index (χ0) is 43.1. The fourth-order valence-corrected chi connectivity index (χ4v) is 11.8. The molecule has 62 heavy (non-hydrogen) atoms. The van der Waals surface area contributed by atoms with Crippen molar-refractivity contribution in [2.45, 2.75) is 38.3 Å². The Hall–Kier alpha value is -5.49. The lowest BCUT2D eigenvalue weighted by Crippen LogP contribution is -2.53. The number of hydrogen-bond acceptors (Lipinski definition) is 9. The number of aromatic nitrogens is 4. The van der Waals surface area contributed by atoms with Gasteiger partial charge >= 0.3 is 12.4 Å². The minimum absolute atomic E-state index is 0.0566. The number of halogens is 6. The summed E-state index contributed by atoms with van der Waals surface area (Å²) >= 11 is 2.94. The Morgan fingerprint density at radius 2 is 0.935 bits per heavy atom. The molecule has 8 aromatic rings. The Bertz CT molecular complexity index is 2770. The van der Waals surface area contributed by atoms with E-state index in [1.807, 2.05) is 72.2 Å². The topological polar surface area (TPSA) is 64.6 Å². The number of alkyl halides is 6. The van der Waals surface area contributed by atoms with Crippen molar-refractivity contribution in [3.63, 3.8) is 0 Å². The van der Waals surface area contributed by atoms with Gasteiger partial charge < -0.3 is 9.80 Å². The fraction of sp³-hybridized carbons (Fsp3) is 0.311. The number of ketones is 1. The molecule has 320 valence electrons. The van der Waals surface area contributed by atoms with Crippen molar-refractivity contribution in [2.75, 3.05) is 62.2 Å². The summed E-state index contributed by atoms with van der Waals surface area (Å²) in [7, 11) is 0. The zero-order valence-electron chi connectivity index (χ0n) is 33.6. The number of thiazole rings is 2. The summed E-state index contributed by atoms with van der Waals surface area (Å²) in [4.78, 5) is 37.3. The molecule has 2 atom stereocenters. The average molecular weight is 887 g/mol. The maximum absolute atomic E-state index is 16.1. The highest BCUT2D eigenvalue weighted by molar-refractivity contribution is 7.18. The van der Waals surface area contributed by atoms with Crippen molar-refractivity contribution in [1.29, 1.82) is 0 Å². The summed E-state index contributed by atoms with van der Waals surface area (Å²) in [6.45, 7) is 7.21. The maximum Gasteiger partial charge on any atom is 0.416 e. The number of nitrogens with zero attached hydrogens (tertiary/aromatic N) is 8. The maximum atomic E-state index is 16.1. The first-order chi connectivity index (χ1) is 29.7. The van der Waals surface area contributed by atoms with Gasteiger partial charge in [0, 0.05) is 75.1 Å². The van der Waals surface area contributed by atoms with E-state index in [0.29, 0.717) is 63.7 Å². The number of imidazole rings is 2. The molecule has 0 spiro atoms. The molecular formula is C45H40F6N8OS2. The average Bonchev–Trinajstić information content (AvgIpc) is 4.00. The van der Waals surface area contributed by atoms with Gasteiger partial charge in [-0.25, -0.2) is 9.97 Å². The third kappa shape index (κ3) is 7.08. The van der Waals surface area contributed by atoms with Gasteiger partial charge in [-0.05, 0) is 74.5 Å². The summed E-state index contributed by atoms with van der Waals surface area (Å²) in [5.41, 5.74) is 4.82. The molecule has 0 saturated carbocycles. The lowest BCUT2D eigenvalue weighted by atomic mass is 9.96. The number of carbonyl (C=O) groups is 1. The third-order valence-corrected chi connectivity index (χ3v) is 14.7. The Balaban J connectivity index is 1.05. The highest BCUT2D eigenvalue weighted by Gasteiger charge is 2.43. The molecule has 2 aliphatic heterocycles. The van der Waals surface area contributed by atoms with Crippen LogP contribution in [0.2, 0.25) is 0 Å². The summed E-state index contributed by atoms with van der Waals surface area (Å²) in [6.07, 6.45) is -8.95. The van der Waals surface area contributed by atoms with Crippen LogP contribution in [-0.2, 0) is 17.1 Å². The number of fused-ring (bicyclic) bond motifs is 6. The Morgan fingerprint density at radius 3 is 1.32 bits per heavy atom. The molecular weight excluding hydrogens is 847 g/mol. The molecule has 0 amide bonds. The minimum Gasteiger partial charge on any atom is -0.369 e. The standard InChI is InChI=1S/C45H40F6N8OS2/c1-27-40(61-42-52-33-13-3-5-15-35(33)58(27)42)37(56-21-17-54(18-22-56)31-11-7-9-29(25-31)44(46,47)48)39(60)38(41-28(2)59-36-16-6-4-14-34(36)53-43(59)62-41)57-23-19-55(20-24-57)32-12-8-10-30(26-32)45(49,50)51/h3-16,25-26,37-38H,17-24H2,1-2H3. The molecule has 2 unspecified atom stereocenters. The lowest BCUT2D eigenvalue weighted by molar-refractivity contribution is -0.138. The molecule has 0 radical (unpaired) electrons. The summed E-state index contributed by atoms with van der Waals surface area (Å²) in [5, 5.41) is 0. The van der Waals surface area contributed by atoms with Crippen LogP contribution in [0.15, 0.2) is 97.1 Å². The monoisotopic (exact) mass is 886 g/mol. The fourth-order valence-electron chi connectivity index (χ4n) is 9.20. The van der Waals surface area contributed by atoms with E-state index < -0.39 is 35.6 Å². The first-order valence-electron chi connectivity index (χ1n) is 20.3. The Labute approximate surface area is 360 Å². The van der Waals surface area contributed by atoms with Crippen LogP contribution in [-0.4, -0.2) is 86.7 Å². The van der Waals surface area contributed by atoms with E-state index in [4.69, 9.17) is 9.97 Å². The molecule has 6 heterocycles. The largest absolute Gasteiger partial charge is 0.416 e. The van der Waals surface area contributed by atoms with Gasteiger partial charge in [-0.3, -0.25) is 23.4 Å². The van der Waals surface area contributed by atoms with E-state index in [0.717, 1.165) is 65.3 Å². The summed E-state index contributed by atoms with van der Waals surface area (Å²) < 4.78 is 86.6. The number of carbonyl (C=O) groups excluding carboxylic acids is 1. The summed E-state index contributed by atoms with van der Waals surface area (Å²) in [5.74, 6) is -0.0566. The van der Waals surface area contributed by atoms with Crippen LogP contribution in [0.4, 0.5) is 37.7 Å². The van der Waals surface area contributed by atoms with Crippen molar-refractivity contribution >= 4 is 71.8 Å². The third-order valence-electron chi connectivity index (χ3n) is 12.3. The first-order valence-corrected chi connectivity index (χ1v) is 22.0. The number of benzene rings is 4. The van der Waals surface area contributed by atoms with Crippen LogP contribution in [0.1, 0.15) is 44.4 Å². The number of anilines is 2. The van der Waals surface area contributed by atoms with E-state index in [9.17, 15) is 26.3 Å². The number of rotatable bonds is 8. The highest BCUT2D eigenvalue weighted by Crippen LogP contribution is 2.43. The highest BCUT2D eigenvalue weighted by atomic mass is 32.1. The second-order valence-corrected chi connectivity index (χ2v) is 17.9. The molecule has 0 aliphatic carbocycles. The van der Waals surface area contributed by atoms with Crippen molar-refractivity contribution < 1.29 is 31.1 Å². The van der Waals surface area contributed by atoms with E-state index >= 15 is 4.79 Å². The predicted molar refractivity (Wildman–Crippen MR) is 232 cm³/mol. The number of para-hydroxylation sites is 4. The predicted octanol–water partition coefficient (Wildman–Crippen LogP) is 10.1. The van der Waals surface area contributed by atoms with Crippen molar-refractivity contribution in [1.82, 2.24) is 28.6 Å². The van der Waals surface area contributed by atoms with Gasteiger partial charge in [-0.2, -0.15) is 26.3 Å². The van der Waals surface area contributed by atoms with Crippen molar-refractivity contribution in [3.05, 3.63) is 129 Å². The molecule has 9 nitrogen and oxygen atoms in total. The quantitative estimate of drug-likeness (QED) is 0.141. The lowest BCUT2D eigenvalue weighted by Gasteiger charge is -2.43. The second-order valence-electron chi connectivity index (χ2n) is 15.9. The van der Waals surface area contributed by atoms with Crippen molar-refractivity contribution in [2.24, 2.45) is 0 Å². The van der Waals surface area contributed by atoms with Gasteiger partial charge in [0.2, 0.25) is 0 Å². The molecule has 0 N–H and O–H groups in total. The van der Waals surface area contributed by atoms with Gasteiger partial charge in [0.1, 0.15) is 12.1 Å². The van der Waals surface area contributed by atoms with Crippen LogP contribution < -0.4 is 9.80 Å². The molecule has 2 aliphatic rings. The molecule has 0 bridgehead atoms. The minimum atomic E-state index is -4.48. The first kappa shape index (κ1) is 40.6. The van der Waals surface area contributed by atoms with E-state index in [1.165, 1.54) is 46.9 Å². The smallest absolute Gasteiger partial charge is 0.369 e. The Kier molecular flexibility index (Phi) is 10.1. The van der Waals surface area contributed by atoms with Gasteiger partial charge in [0.15, 0.2) is 15.7 Å². The van der Waals surface area contributed by atoms with E-state index in [-0.39, 0.29) is 5.78 Å². The molecule has 4 aromatic carbocycles. The molecule has 4 aromatic heterocycles. The second kappa shape index (κ2) is 15.4. The van der Waals surface area contributed by atoms with Crippen molar-refractivity contribution in [3.8, 4) is 0 Å². The van der Waals surface area contributed by atoms with Gasteiger partial charge in [-0.1, -0.05) is 59.1 Å². The Morgan fingerprint density at radius 1 is 0.548 bits per heavy atom. The van der Waals surface area contributed by atoms with Gasteiger partial charge in [0.25, 0.3) is 0 Å². The SMILES string of the molecule is Cc1c(C(C(=O)C(c2sc3nc4ccccc4n3c2C)N2CCN(c3cccc(C(F)(F)F)c3)CC2)N2CCN(c3cccc(C(F)(F)F)c3)CC2)sc2nc3ccccc3n12. The van der Waals surface area contributed by atoms with Gasteiger partial charge in [-0.15, -0.1) is 0 Å². The van der Waals surface area contributed by atoms with Crippen LogP contribution in [0.3, 0.4) is 0 Å². The number of piperazine rings is 2. The van der Waals surface area contributed by atoms with Crippen LogP contribution >= 0.6 is 22.7 Å². The summed E-state index contributed by atoms with van der Waals surface area (Å²) in [6, 6.07) is 24.9. The van der Waals surface area contributed by atoms with Crippen LogP contribution in [0.5, 0.6) is 0 Å². The number of aryl methyl sites for hydroxylation is 2. The molecule has 17 heteroatoms. The van der Waals surface area contributed by atoms with Crippen LogP contribution in [0.25, 0.3) is 32.0 Å². The molecule has 2 fully saturated rings. The molecule has 2 saturated heterocycles. The molecule has 10 rings (SSSR count). The van der Waals surface area contributed by atoms with Gasteiger partial charge in [0.05, 0.1) is 42.9 Å².